The molecule has 0 radical (unpaired) electrons. The van der Waals surface area contributed by atoms with Crippen LogP contribution >= 0.6 is 0 Å². The van der Waals surface area contributed by atoms with Crippen molar-refractivity contribution in [2.45, 2.75) is 18.8 Å². The molecule has 1 aromatic heterocycles. The van der Waals surface area contributed by atoms with Gasteiger partial charge in [0.2, 0.25) is 17.6 Å². The van der Waals surface area contributed by atoms with E-state index in [-0.39, 0.29) is 23.5 Å². The molecule has 2 aromatic rings. The summed E-state index contributed by atoms with van der Waals surface area (Å²) in [5, 5.41) is 2.54. The summed E-state index contributed by atoms with van der Waals surface area (Å²) in [7, 11) is 3.27. The van der Waals surface area contributed by atoms with Crippen LogP contribution in [0, 0.1) is 0 Å². The van der Waals surface area contributed by atoms with E-state index in [2.05, 4.69) is 10.3 Å². The highest BCUT2D eigenvalue weighted by Gasteiger charge is 2.39. The largest absolute Gasteiger partial charge is 0.449 e. The van der Waals surface area contributed by atoms with Crippen molar-refractivity contribution >= 4 is 22.8 Å². The molecule has 0 aliphatic carbocycles. The monoisotopic (exact) mass is 383 g/mol. The summed E-state index contributed by atoms with van der Waals surface area (Å²) >= 11 is 0. The fourth-order valence-electron chi connectivity index (χ4n) is 3.24. The molecule has 146 valence electrons. The molecule has 1 aliphatic rings. The minimum atomic E-state index is -4.67. The lowest BCUT2D eigenvalue weighted by atomic mass is 10.1. The third-order valence-electron chi connectivity index (χ3n) is 4.75. The summed E-state index contributed by atoms with van der Waals surface area (Å²) < 4.78 is 41.0. The third-order valence-corrected chi connectivity index (χ3v) is 4.75. The molecule has 1 N–H and O–H groups in total. The Bertz CT molecular complexity index is 864. The van der Waals surface area contributed by atoms with Gasteiger partial charge in [-0.1, -0.05) is 12.1 Å². The zero-order chi connectivity index (χ0) is 19.8. The fraction of sp³-hybridized carbons (Fsp3) is 0.471. The second-order valence-corrected chi connectivity index (χ2v) is 6.46. The first kappa shape index (κ1) is 19.2. The third kappa shape index (κ3) is 3.75. The Labute approximate surface area is 153 Å². The number of alkyl halides is 3. The van der Waals surface area contributed by atoms with Crippen molar-refractivity contribution in [3.05, 3.63) is 30.1 Å². The lowest BCUT2D eigenvalue weighted by Crippen LogP contribution is -2.58. The Morgan fingerprint density at radius 3 is 2.63 bits per heavy atom. The van der Waals surface area contributed by atoms with E-state index in [0.717, 1.165) is 4.57 Å². The molecular formula is C17H20F3N5O2. The minimum Gasteiger partial charge on any atom is -0.358 e. The summed E-state index contributed by atoms with van der Waals surface area (Å²) in [4.78, 5) is 31.6. The number of nitrogens with one attached hydrogen (secondary N) is 1. The molecule has 0 bridgehead atoms. The lowest BCUT2D eigenvalue weighted by Gasteiger charge is -2.38. The maximum Gasteiger partial charge on any atom is 0.449 e. The Balaban J connectivity index is 1.87. The Kier molecular flexibility index (Phi) is 5.09. The van der Waals surface area contributed by atoms with Crippen molar-refractivity contribution < 1.29 is 22.8 Å². The van der Waals surface area contributed by atoms with Crippen LogP contribution in [0.1, 0.15) is 5.82 Å². The van der Waals surface area contributed by atoms with Gasteiger partial charge in [-0.05, 0) is 19.2 Å². The van der Waals surface area contributed by atoms with Gasteiger partial charge in [0.05, 0.1) is 11.0 Å². The van der Waals surface area contributed by atoms with Crippen LogP contribution < -0.4 is 5.32 Å². The van der Waals surface area contributed by atoms with Crippen LogP contribution in [-0.2, 0) is 22.3 Å². The van der Waals surface area contributed by atoms with E-state index >= 15 is 0 Å². The van der Waals surface area contributed by atoms with Gasteiger partial charge < -0.3 is 14.8 Å². The number of rotatable bonds is 3. The van der Waals surface area contributed by atoms with Gasteiger partial charge in [0.15, 0.2) is 0 Å². The average Bonchev–Trinajstić information content (AvgIpc) is 3.00. The first-order chi connectivity index (χ1) is 12.7. The number of likely N-dealkylation sites (N-methyl/N-ethyl adjacent to an activating group) is 2. The zero-order valence-corrected chi connectivity index (χ0v) is 15.0. The van der Waals surface area contributed by atoms with Gasteiger partial charge >= 0.3 is 6.18 Å². The number of para-hydroxylation sites is 2. The Morgan fingerprint density at radius 1 is 1.26 bits per heavy atom. The van der Waals surface area contributed by atoms with E-state index in [1.165, 1.54) is 24.1 Å². The molecule has 1 aromatic carbocycles. The number of hydrogen-bond donors (Lipinski definition) is 1. The van der Waals surface area contributed by atoms with Crippen LogP contribution in [0.2, 0.25) is 0 Å². The molecule has 3 rings (SSSR count). The van der Waals surface area contributed by atoms with Gasteiger partial charge in [0, 0.05) is 26.7 Å². The minimum absolute atomic E-state index is 0.128. The number of halogens is 3. The normalized spacial score (nSPS) is 18.7. The number of nitrogens with zero attached hydrogens (tertiary/aromatic N) is 4. The first-order valence-electron chi connectivity index (χ1n) is 8.44. The van der Waals surface area contributed by atoms with E-state index < -0.39 is 30.5 Å². The van der Waals surface area contributed by atoms with Crippen LogP contribution in [0.3, 0.4) is 0 Å². The lowest BCUT2D eigenvalue weighted by molar-refractivity contribution is -0.148. The molecule has 1 aliphatic heterocycles. The van der Waals surface area contributed by atoms with E-state index in [4.69, 9.17) is 0 Å². The smallest absolute Gasteiger partial charge is 0.358 e. The van der Waals surface area contributed by atoms with Gasteiger partial charge in [-0.15, -0.1) is 0 Å². The average molecular weight is 383 g/mol. The van der Waals surface area contributed by atoms with Crippen molar-refractivity contribution in [3.8, 4) is 0 Å². The fourth-order valence-corrected chi connectivity index (χ4v) is 3.24. The van der Waals surface area contributed by atoms with E-state index in [1.54, 1.807) is 19.2 Å². The predicted molar refractivity (Wildman–Crippen MR) is 91.8 cm³/mol. The first-order valence-corrected chi connectivity index (χ1v) is 8.44. The van der Waals surface area contributed by atoms with E-state index in [1.807, 2.05) is 4.90 Å². The number of benzene rings is 1. The summed E-state index contributed by atoms with van der Waals surface area (Å²) in [5.41, 5.74) is 0.425. The van der Waals surface area contributed by atoms with E-state index in [0.29, 0.717) is 13.1 Å². The standard InChI is InChI=1S/C17H20F3N5O2/c1-21-15(27)13-9-24(8-7-23(13)2)14(26)10-25-12-6-4-3-5-11(12)22-16(25)17(18,19)20/h3-6,13H,7-10H2,1-2H3,(H,21,27)/t13-/m1/s1. The summed E-state index contributed by atoms with van der Waals surface area (Å²) in [6, 6.07) is 5.64. The molecule has 0 unspecified atom stereocenters. The SMILES string of the molecule is CNC(=O)[C@H]1CN(C(=O)Cn2c(C(F)(F)F)nc3ccccc32)CCN1C. The highest BCUT2D eigenvalue weighted by molar-refractivity contribution is 5.84. The molecule has 7 nitrogen and oxygen atoms in total. The molecule has 1 fully saturated rings. The number of amides is 2. The van der Waals surface area contributed by atoms with Gasteiger partial charge in [-0.25, -0.2) is 4.98 Å². The second-order valence-electron chi connectivity index (χ2n) is 6.46. The molecule has 0 spiro atoms. The number of imidazole rings is 1. The van der Waals surface area contributed by atoms with Gasteiger partial charge in [0.25, 0.3) is 0 Å². The van der Waals surface area contributed by atoms with Crippen molar-refractivity contribution in [1.82, 2.24) is 24.7 Å². The maximum atomic E-state index is 13.4. The van der Waals surface area contributed by atoms with Crippen LogP contribution in [0.15, 0.2) is 24.3 Å². The van der Waals surface area contributed by atoms with Crippen LogP contribution in [0.25, 0.3) is 11.0 Å². The molecule has 2 heterocycles. The Hall–Kier alpha value is -2.62. The number of carbonyl (C=O) groups excluding carboxylic acids is 2. The quantitative estimate of drug-likeness (QED) is 0.857. The molecular weight excluding hydrogens is 363 g/mol. The van der Waals surface area contributed by atoms with Crippen LogP contribution in [0.5, 0.6) is 0 Å². The summed E-state index contributed by atoms with van der Waals surface area (Å²) in [6.45, 7) is 0.444. The highest BCUT2D eigenvalue weighted by Crippen LogP contribution is 2.31. The molecule has 1 saturated heterocycles. The summed E-state index contributed by atoms with van der Waals surface area (Å²) in [5.74, 6) is -1.82. The van der Waals surface area contributed by atoms with E-state index in [9.17, 15) is 22.8 Å². The number of piperazine rings is 1. The van der Waals surface area contributed by atoms with Gasteiger partial charge in [-0.3, -0.25) is 14.5 Å². The molecule has 0 saturated carbocycles. The number of carbonyl (C=O) groups is 2. The van der Waals surface area contributed by atoms with Crippen molar-refractivity contribution in [2.24, 2.45) is 0 Å². The highest BCUT2D eigenvalue weighted by atomic mass is 19.4. The predicted octanol–water partition coefficient (Wildman–Crippen LogP) is 0.944. The number of aromatic nitrogens is 2. The molecule has 27 heavy (non-hydrogen) atoms. The van der Waals surface area contributed by atoms with Gasteiger partial charge in [0.1, 0.15) is 12.6 Å². The van der Waals surface area contributed by atoms with Gasteiger partial charge in [-0.2, -0.15) is 13.2 Å². The van der Waals surface area contributed by atoms with Crippen LogP contribution in [-0.4, -0.2) is 70.9 Å². The van der Waals surface area contributed by atoms with Crippen molar-refractivity contribution in [1.29, 1.82) is 0 Å². The molecule has 1 atom stereocenters. The van der Waals surface area contributed by atoms with Crippen molar-refractivity contribution in [3.63, 3.8) is 0 Å². The van der Waals surface area contributed by atoms with Crippen molar-refractivity contribution in [2.75, 3.05) is 33.7 Å². The second kappa shape index (κ2) is 7.18. The number of fused-ring (bicyclic) bond motifs is 1. The molecule has 10 heteroatoms. The number of hydrogen-bond acceptors (Lipinski definition) is 4. The Morgan fingerprint density at radius 2 is 1.96 bits per heavy atom. The van der Waals surface area contributed by atoms with Crippen LogP contribution in [0.4, 0.5) is 13.2 Å². The zero-order valence-electron chi connectivity index (χ0n) is 15.0. The maximum absolute atomic E-state index is 13.4. The topological polar surface area (TPSA) is 70.5 Å². The molecule has 2 amide bonds. The summed E-state index contributed by atoms with van der Waals surface area (Å²) in [6.07, 6.45) is -4.67.